The highest BCUT2D eigenvalue weighted by molar-refractivity contribution is 5.86. The van der Waals surface area contributed by atoms with Gasteiger partial charge in [0.05, 0.1) is 50.7 Å². The van der Waals surface area contributed by atoms with Gasteiger partial charge in [-0.2, -0.15) is 18.3 Å². The molecule has 0 fully saturated rings. The van der Waals surface area contributed by atoms with E-state index >= 15 is 0 Å². The zero-order chi connectivity index (χ0) is 74.3. The molecule has 13 nitrogen and oxygen atoms in total. The fourth-order valence-electron chi connectivity index (χ4n) is 14.8. The molecule has 0 amide bonds. The molecule has 16 aromatic rings. The van der Waals surface area contributed by atoms with Crippen molar-refractivity contribution in [1.82, 2.24) is 38.2 Å². The molecule has 0 N–H and O–H groups in total. The van der Waals surface area contributed by atoms with E-state index in [4.69, 9.17) is 26.5 Å². The van der Waals surface area contributed by atoms with Gasteiger partial charge in [-0.3, -0.25) is 0 Å². The van der Waals surface area contributed by atoms with Crippen LogP contribution in [0.3, 0.4) is 0 Å². The van der Waals surface area contributed by atoms with E-state index in [0.717, 1.165) is 89.9 Å². The lowest BCUT2D eigenvalue weighted by Crippen LogP contribution is -2.35. The third-order valence-corrected chi connectivity index (χ3v) is 20.6. The zero-order valence-corrected chi connectivity index (χ0v) is 63.8. The number of aryl methyl sites for hydroxylation is 11. The van der Waals surface area contributed by atoms with Crippen LogP contribution in [0.25, 0.3) is 117 Å². The molecule has 0 radical (unpaired) electrons. The molecule has 0 aliphatic rings. The van der Waals surface area contributed by atoms with E-state index in [1.165, 1.54) is 89.8 Å². The molecule has 0 bridgehead atoms. The van der Waals surface area contributed by atoms with E-state index in [-0.39, 0.29) is 5.41 Å². The van der Waals surface area contributed by atoms with Gasteiger partial charge in [0.25, 0.3) is 0 Å². The molecule has 8 aromatic carbocycles. The van der Waals surface area contributed by atoms with E-state index in [1.54, 1.807) is 0 Å². The number of para-hydroxylation sites is 8. The Morgan fingerprint density at radius 2 is 0.667 bits per heavy atom. The standard InChI is InChI=1S/C25H28N3.C23H24N3.C22H19N4.C22H22N3/c1-17-11-9-10-14-28(17)23-16-19(25(3,4)5)15-20(18(23)2)24-26-21-12-7-8-13-22(21)27(24)6;1-15-14-16(2)22(26-13-9-8-10-17(26)3)18(4)21(15)23-24-19-11-6-7-12-20(19)25(23)5;1-15-9-7-8-12-26(15)21-14-17(23-3)13-18(16(21)2)22-24-19-10-5-6-11-20(19)25(22)4;1-15-13-18(22-23-19-10-5-6-11-20(19)24(22)4)17(3)21(14-15)25-12-8-7-9-16(25)2/h7-16H,1-6H3;6-14H,1-5H3;5-14H,1-2,4H3;5-14H,1-4H3/q4*+1. The Bertz CT molecular complexity index is 6060. The van der Waals surface area contributed by atoms with Gasteiger partial charge in [0, 0.05) is 173 Å². The lowest BCUT2D eigenvalue weighted by molar-refractivity contribution is -0.603. The number of fused-ring (bicyclic) bond motifs is 4. The average Bonchev–Trinajstić information content (AvgIpc) is 1.63. The third kappa shape index (κ3) is 13.8. The molecule has 8 heterocycles. The van der Waals surface area contributed by atoms with Crippen LogP contribution in [0, 0.1) is 82.7 Å². The average molecular weight is 1380 g/mol. The first-order valence-electron chi connectivity index (χ1n) is 35.9. The summed E-state index contributed by atoms with van der Waals surface area (Å²) in [6.45, 7) is 38.0. The topological polar surface area (TPSA) is 91.2 Å². The number of rotatable bonds is 8. The molecule has 0 atom stereocenters. The van der Waals surface area contributed by atoms with E-state index in [0.29, 0.717) is 5.69 Å². The van der Waals surface area contributed by atoms with Crippen LogP contribution in [-0.2, 0) is 33.6 Å². The van der Waals surface area contributed by atoms with Crippen LogP contribution in [-0.4, -0.2) is 38.2 Å². The molecule has 0 spiro atoms. The summed E-state index contributed by atoms with van der Waals surface area (Å²) >= 11 is 0. The zero-order valence-electron chi connectivity index (χ0n) is 63.8. The van der Waals surface area contributed by atoms with Crippen molar-refractivity contribution in [3.63, 3.8) is 0 Å². The van der Waals surface area contributed by atoms with Crippen molar-refractivity contribution >= 4 is 49.8 Å². The SMILES string of the molecule is Cc1c(-c2nc3ccccc3n2C)cc(C(C)(C)C)cc1-[n+]1ccccc1C.Cc1cc(-c2nc3ccccc3n2C)c(C)c(-[n+]2ccccc2C)c1.Cc1cc(C)c(-[n+]2ccccc2C)c(C)c1-c1nc2ccccc2n1C.[C-]#[N+]c1cc(-c2nc3ccccc3n2C)c(C)c(-[n+]2ccccc2C)c1. The Morgan fingerprint density at radius 1 is 0.333 bits per heavy atom. The number of pyridine rings is 4. The van der Waals surface area contributed by atoms with Crippen molar-refractivity contribution in [3.8, 4) is 68.3 Å². The van der Waals surface area contributed by atoms with Gasteiger partial charge < -0.3 is 18.3 Å². The quantitative estimate of drug-likeness (QED) is 0.112. The Hall–Kier alpha value is -12.3. The van der Waals surface area contributed by atoms with Crippen LogP contribution in [0.2, 0.25) is 0 Å². The van der Waals surface area contributed by atoms with Crippen LogP contribution in [0.1, 0.15) is 88.1 Å². The Kier molecular flexibility index (Phi) is 19.8. The van der Waals surface area contributed by atoms with Gasteiger partial charge in [0.1, 0.15) is 23.3 Å². The van der Waals surface area contributed by atoms with Crippen molar-refractivity contribution in [2.75, 3.05) is 0 Å². The summed E-state index contributed by atoms with van der Waals surface area (Å²) in [5.41, 5.74) is 33.3. The second kappa shape index (κ2) is 29.2. The van der Waals surface area contributed by atoms with Gasteiger partial charge in [0.2, 0.25) is 22.7 Å². The van der Waals surface area contributed by atoms with Crippen molar-refractivity contribution in [3.05, 3.63) is 316 Å². The number of imidazole rings is 4. The number of hydrogen-bond donors (Lipinski definition) is 0. The monoisotopic (exact) mass is 1380 g/mol. The lowest BCUT2D eigenvalue weighted by Gasteiger charge is -2.21. The van der Waals surface area contributed by atoms with E-state index in [9.17, 15) is 0 Å². The molecule has 522 valence electrons. The van der Waals surface area contributed by atoms with E-state index in [1.807, 2.05) is 73.9 Å². The molecule has 0 aliphatic carbocycles. The number of nitrogens with zero attached hydrogens (tertiary/aromatic N) is 13. The van der Waals surface area contributed by atoms with E-state index < -0.39 is 0 Å². The molecule has 0 saturated carbocycles. The van der Waals surface area contributed by atoms with Gasteiger partial charge in [0.15, 0.2) is 53.3 Å². The summed E-state index contributed by atoms with van der Waals surface area (Å²) in [4.78, 5) is 23.3. The van der Waals surface area contributed by atoms with Crippen molar-refractivity contribution < 1.29 is 18.3 Å². The summed E-state index contributed by atoms with van der Waals surface area (Å²) in [5, 5.41) is 0. The molecule has 105 heavy (non-hydrogen) atoms. The number of benzene rings is 8. The highest BCUT2D eigenvalue weighted by Crippen LogP contribution is 2.38. The first-order valence-corrected chi connectivity index (χ1v) is 35.9. The predicted octanol–water partition coefficient (Wildman–Crippen LogP) is 19.3. The summed E-state index contributed by atoms with van der Waals surface area (Å²) in [5.74, 6) is 3.93. The minimum Gasteiger partial charge on any atom is -0.327 e. The number of hydrogen-bond acceptors (Lipinski definition) is 4. The smallest absolute Gasteiger partial charge is 0.217 e. The maximum atomic E-state index is 7.54. The first kappa shape index (κ1) is 71.1. The maximum absolute atomic E-state index is 7.54. The van der Waals surface area contributed by atoms with Gasteiger partial charge in [-0.15, -0.1) is 0 Å². The third-order valence-electron chi connectivity index (χ3n) is 20.6. The minimum atomic E-state index is 0.0467. The molecule has 8 aromatic heterocycles. The van der Waals surface area contributed by atoms with E-state index in [2.05, 4.69) is 330 Å². The molecular weight excluding hydrogens is 1290 g/mol. The second-order valence-electron chi connectivity index (χ2n) is 28.8. The normalized spacial score (nSPS) is 11.3. The maximum Gasteiger partial charge on any atom is 0.217 e. The fraction of sp³-hybridized carbons (Fsp3) is 0.207. The van der Waals surface area contributed by atoms with Gasteiger partial charge in [-0.1, -0.05) is 93.6 Å². The van der Waals surface area contributed by atoms with Crippen LogP contribution in [0.15, 0.2) is 237 Å². The largest absolute Gasteiger partial charge is 0.327 e. The number of aromatic nitrogens is 12. The van der Waals surface area contributed by atoms with Gasteiger partial charge in [-0.25, -0.2) is 24.8 Å². The predicted molar refractivity (Wildman–Crippen MR) is 428 cm³/mol. The van der Waals surface area contributed by atoms with Gasteiger partial charge >= 0.3 is 0 Å². The lowest BCUT2D eigenvalue weighted by atomic mass is 9.84. The van der Waals surface area contributed by atoms with Gasteiger partial charge in [-0.05, 0) is 143 Å². The molecule has 0 unspecified atom stereocenters. The van der Waals surface area contributed by atoms with Crippen LogP contribution < -0.4 is 18.3 Å². The van der Waals surface area contributed by atoms with Crippen molar-refractivity contribution in [2.24, 2.45) is 28.2 Å². The molecule has 13 heteroatoms. The molecule has 0 saturated heterocycles. The van der Waals surface area contributed by atoms with Crippen LogP contribution >= 0.6 is 0 Å². The molecular formula is C92H93N13+4. The Labute approximate surface area is 617 Å². The summed E-state index contributed by atoms with van der Waals surface area (Å²) in [6.07, 6.45) is 8.43. The summed E-state index contributed by atoms with van der Waals surface area (Å²) in [6, 6.07) is 73.3. The Balaban J connectivity index is 0.000000124. The highest BCUT2D eigenvalue weighted by atomic mass is 15.1. The minimum absolute atomic E-state index is 0.0467. The second-order valence-corrected chi connectivity index (χ2v) is 28.8. The molecule has 0 aliphatic heterocycles. The fourth-order valence-corrected chi connectivity index (χ4v) is 14.8. The highest BCUT2D eigenvalue weighted by Gasteiger charge is 2.29. The summed E-state index contributed by atoms with van der Waals surface area (Å²) < 4.78 is 17.6. The Morgan fingerprint density at radius 3 is 1.05 bits per heavy atom. The first-order chi connectivity index (χ1) is 50.4. The van der Waals surface area contributed by atoms with Crippen LogP contribution in [0.4, 0.5) is 5.69 Å². The van der Waals surface area contributed by atoms with Crippen LogP contribution in [0.5, 0.6) is 0 Å². The summed E-state index contributed by atoms with van der Waals surface area (Å²) in [7, 11) is 8.32. The molecule has 16 rings (SSSR count). The van der Waals surface area contributed by atoms with Crippen molar-refractivity contribution in [1.29, 1.82) is 0 Å². The van der Waals surface area contributed by atoms with Crippen molar-refractivity contribution in [2.45, 2.75) is 102 Å².